The number of anilines is 2. The number of carbonyl (C=O) groups excluding carboxylic acids is 1. The molecule has 0 aliphatic heterocycles. The van der Waals surface area contributed by atoms with Crippen LogP contribution in [0, 0.1) is 0 Å². The predicted octanol–water partition coefficient (Wildman–Crippen LogP) is 5.05. The van der Waals surface area contributed by atoms with Gasteiger partial charge in [-0.25, -0.2) is 0 Å². The van der Waals surface area contributed by atoms with E-state index in [1.165, 1.54) is 0 Å². The van der Waals surface area contributed by atoms with Crippen molar-refractivity contribution in [3.8, 4) is 0 Å². The van der Waals surface area contributed by atoms with Gasteiger partial charge in [0.25, 0.3) is 5.91 Å². The van der Waals surface area contributed by atoms with Crippen LogP contribution in [0.25, 0.3) is 0 Å². The van der Waals surface area contributed by atoms with Crippen LogP contribution in [0.1, 0.15) is 10.4 Å². The maximum atomic E-state index is 12.3. The zero-order chi connectivity index (χ0) is 14.7. The molecule has 0 aromatic heterocycles. The number of halogens is 3. The second-order valence-electron chi connectivity index (χ2n) is 4.02. The van der Waals surface area contributed by atoms with E-state index in [-0.39, 0.29) is 5.91 Å². The van der Waals surface area contributed by atoms with Gasteiger partial charge in [-0.2, -0.15) is 0 Å². The van der Waals surface area contributed by atoms with Crippen molar-refractivity contribution in [1.82, 2.24) is 0 Å². The Kier molecular flexibility index (Phi) is 4.91. The van der Waals surface area contributed by atoms with Crippen molar-refractivity contribution >= 4 is 56.4 Å². The Hall–Kier alpha value is -1.23. The molecule has 2 rings (SSSR count). The maximum Gasteiger partial charge on any atom is 0.257 e. The predicted molar refractivity (Wildman–Crippen MR) is 88.1 cm³/mol. The fraction of sp³-hybridized carbons (Fsp3) is 0.0714. The molecule has 6 heteroatoms. The van der Waals surface area contributed by atoms with E-state index < -0.39 is 0 Å². The second kappa shape index (κ2) is 6.48. The summed E-state index contributed by atoms with van der Waals surface area (Å²) in [5.74, 6) is -0.281. The van der Waals surface area contributed by atoms with Crippen LogP contribution in [0.2, 0.25) is 10.0 Å². The highest BCUT2D eigenvalue weighted by Gasteiger charge is 2.13. The summed E-state index contributed by atoms with van der Waals surface area (Å²) in [5, 5.41) is 6.69. The molecule has 2 N–H and O–H groups in total. The summed E-state index contributed by atoms with van der Waals surface area (Å²) in [6.45, 7) is 0. The number of carbonyl (C=O) groups is 1. The summed E-state index contributed by atoms with van der Waals surface area (Å²) >= 11 is 15.3. The summed E-state index contributed by atoms with van der Waals surface area (Å²) in [6, 6.07) is 10.3. The molecule has 0 atom stereocenters. The van der Waals surface area contributed by atoms with Gasteiger partial charge in [0, 0.05) is 22.2 Å². The minimum Gasteiger partial charge on any atom is -0.387 e. The van der Waals surface area contributed by atoms with Crippen molar-refractivity contribution in [3.63, 3.8) is 0 Å². The average Bonchev–Trinajstić information content (AvgIpc) is 2.42. The molecule has 2 aromatic rings. The molecule has 0 spiro atoms. The van der Waals surface area contributed by atoms with Gasteiger partial charge in [-0.05, 0) is 36.4 Å². The molecule has 0 fully saturated rings. The van der Waals surface area contributed by atoms with Gasteiger partial charge in [-0.3, -0.25) is 4.79 Å². The van der Waals surface area contributed by atoms with Gasteiger partial charge in [0.15, 0.2) is 0 Å². The highest BCUT2D eigenvalue weighted by molar-refractivity contribution is 9.10. The van der Waals surface area contributed by atoms with E-state index in [0.717, 1.165) is 4.47 Å². The van der Waals surface area contributed by atoms with Gasteiger partial charge < -0.3 is 10.6 Å². The first-order valence-electron chi connectivity index (χ1n) is 5.75. The van der Waals surface area contributed by atoms with E-state index in [1.807, 2.05) is 0 Å². The normalized spacial score (nSPS) is 10.2. The quantitative estimate of drug-likeness (QED) is 0.790. The number of rotatable bonds is 3. The molecule has 0 aliphatic rings. The molecule has 2 aromatic carbocycles. The maximum absolute atomic E-state index is 12.3. The highest BCUT2D eigenvalue weighted by Crippen LogP contribution is 2.27. The molecule has 0 saturated carbocycles. The minimum absolute atomic E-state index is 0.281. The number of hydrogen-bond acceptors (Lipinski definition) is 2. The fourth-order valence-corrected chi connectivity index (χ4v) is 2.40. The topological polar surface area (TPSA) is 41.1 Å². The molecule has 0 saturated heterocycles. The lowest BCUT2D eigenvalue weighted by atomic mass is 10.1. The molecule has 0 bridgehead atoms. The van der Waals surface area contributed by atoms with Crippen LogP contribution in [-0.4, -0.2) is 13.0 Å². The molecule has 3 nitrogen and oxygen atoms in total. The van der Waals surface area contributed by atoms with E-state index in [9.17, 15) is 4.79 Å². The van der Waals surface area contributed by atoms with Crippen LogP contribution in [0.15, 0.2) is 40.9 Å². The van der Waals surface area contributed by atoms with E-state index in [1.54, 1.807) is 43.4 Å². The standard InChI is InChI=1S/C14H11BrCl2N2O/c1-18-12-5-3-9(16)7-10(12)14(20)19-13-6-8(15)2-4-11(13)17/h2-7,18H,1H3,(H,19,20). The van der Waals surface area contributed by atoms with E-state index in [2.05, 4.69) is 26.6 Å². The Morgan fingerprint density at radius 1 is 1.10 bits per heavy atom. The third kappa shape index (κ3) is 3.45. The smallest absolute Gasteiger partial charge is 0.257 e. The third-order valence-electron chi connectivity index (χ3n) is 2.67. The highest BCUT2D eigenvalue weighted by atomic mass is 79.9. The van der Waals surface area contributed by atoms with Crippen LogP contribution >= 0.6 is 39.1 Å². The monoisotopic (exact) mass is 372 g/mol. The van der Waals surface area contributed by atoms with Gasteiger partial charge >= 0.3 is 0 Å². The summed E-state index contributed by atoms with van der Waals surface area (Å²) < 4.78 is 0.831. The van der Waals surface area contributed by atoms with E-state index in [4.69, 9.17) is 23.2 Å². The van der Waals surface area contributed by atoms with E-state index >= 15 is 0 Å². The van der Waals surface area contributed by atoms with Gasteiger partial charge in [0.05, 0.1) is 16.3 Å². The van der Waals surface area contributed by atoms with Crippen LogP contribution in [0.4, 0.5) is 11.4 Å². The van der Waals surface area contributed by atoms with Crippen molar-refractivity contribution in [1.29, 1.82) is 0 Å². The number of hydrogen-bond donors (Lipinski definition) is 2. The Balaban J connectivity index is 2.32. The lowest BCUT2D eigenvalue weighted by Gasteiger charge is -2.11. The molecule has 104 valence electrons. The Bertz CT molecular complexity index is 662. The summed E-state index contributed by atoms with van der Waals surface area (Å²) in [7, 11) is 1.74. The Morgan fingerprint density at radius 3 is 2.55 bits per heavy atom. The van der Waals surface area contributed by atoms with Crippen molar-refractivity contribution < 1.29 is 4.79 Å². The zero-order valence-electron chi connectivity index (χ0n) is 10.5. The molecule has 0 heterocycles. The van der Waals surface area contributed by atoms with Crippen LogP contribution < -0.4 is 10.6 Å². The van der Waals surface area contributed by atoms with Gasteiger partial charge in [-0.1, -0.05) is 39.1 Å². The summed E-state index contributed by atoms with van der Waals surface area (Å²) in [5.41, 5.74) is 1.68. The molecule has 0 unspecified atom stereocenters. The summed E-state index contributed by atoms with van der Waals surface area (Å²) in [4.78, 5) is 12.3. The van der Waals surface area contributed by atoms with Crippen LogP contribution in [0.3, 0.4) is 0 Å². The number of benzene rings is 2. The SMILES string of the molecule is CNc1ccc(Cl)cc1C(=O)Nc1cc(Br)ccc1Cl. The average molecular weight is 374 g/mol. The van der Waals surface area contributed by atoms with Crippen molar-refractivity contribution in [2.24, 2.45) is 0 Å². The second-order valence-corrected chi connectivity index (χ2v) is 5.78. The fourth-order valence-electron chi connectivity index (χ4n) is 1.71. The first-order valence-corrected chi connectivity index (χ1v) is 7.30. The van der Waals surface area contributed by atoms with Crippen molar-refractivity contribution in [2.75, 3.05) is 17.7 Å². The van der Waals surface area contributed by atoms with Crippen molar-refractivity contribution in [3.05, 3.63) is 56.5 Å². The lowest BCUT2D eigenvalue weighted by molar-refractivity contribution is 0.102. The summed E-state index contributed by atoms with van der Waals surface area (Å²) in [6.07, 6.45) is 0. The van der Waals surface area contributed by atoms with Crippen molar-refractivity contribution in [2.45, 2.75) is 0 Å². The molecular weight excluding hydrogens is 363 g/mol. The number of amides is 1. The first kappa shape index (κ1) is 15.2. The molecular formula is C14H11BrCl2N2O. The largest absolute Gasteiger partial charge is 0.387 e. The van der Waals surface area contributed by atoms with Crippen LogP contribution in [0.5, 0.6) is 0 Å². The molecule has 1 amide bonds. The lowest BCUT2D eigenvalue weighted by Crippen LogP contribution is -2.14. The van der Waals surface area contributed by atoms with Crippen LogP contribution in [-0.2, 0) is 0 Å². The minimum atomic E-state index is -0.281. The molecule has 0 radical (unpaired) electrons. The Morgan fingerprint density at radius 2 is 1.85 bits per heavy atom. The zero-order valence-corrected chi connectivity index (χ0v) is 13.6. The molecule has 20 heavy (non-hydrogen) atoms. The number of nitrogens with one attached hydrogen (secondary N) is 2. The van der Waals surface area contributed by atoms with Gasteiger partial charge in [-0.15, -0.1) is 0 Å². The molecule has 0 aliphatic carbocycles. The first-order chi connectivity index (χ1) is 9.51. The van der Waals surface area contributed by atoms with E-state index in [0.29, 0.717) is 27.0 Å². The van der Waals surface area contributed by atoms with Gasteiger partial charge in [0.2, 0.25) is 0 Å². The van der Waals surface area contributed by atoms with Gasteiger partial charge in [0.1, 0.15) is 0 Å². The Labute approximate surface area is 135 Å². The third-order valence-corrected chi connectivity index (χ3v) is 3.73.